The average molecular weight is 297 g/mol. The molecule has 1 aromatic carbocycles. The molecule has 0 saturated heterocycles. The molecule has 120 valence electrons. The van der Waals surface area contributed by atoms with Crippen LogP contribution in [0, 0.1) is 0 Å². The van der Waals surface area contributed by atoms with Gasteiger partial charge in [-0.25, -0.2) is 0 Å². The van der Waals surface area contributed by atoms with Gasteiger partial charge in [-0.15, -0.1) is 0 Å². The van der Waals surface area contributed by atoms with Crippen molar-refractivity contribution in [1.29, 1.82) is 0 Å². The van der Waals surface area contributed by atoms with Gasteiger partial charge in [0.2, 0.25) is 0 Å². The Morgan fingerprint density at radius 3 is 2.52 bits per heavy atom. The summed E-state index contributed by atoms with van der Waals surface area (Å²) in [6, 6.07) is 8.01. The van der Waals surface area contributed by atoms with E-state index in [4.69, 9.17) is 14.2 Å². The quantitative estimate of drug-likeness (QED) is 0.689. The van der Waals surface area contributed by atoms with Crippen LogP contribution < -0.4 is 10.1 Å². The Balaban J connectivity index is 2.44. The van der Waals surface area contributed by atoms with Crippen molar-refractivity contribution < 1.29 is 19.3 Å². The number of hydrogen-bond donors (Lipinski definition) is 2. The van der Waals surface area contributed by atoms with Crippen LogP contribution in [0.1, 0.15) is 25.5 Å². The molecule has 0 aliphatic heterocycles. The van der Waals surface area contributed by atoms with Crippen LogP contribution in [0.15, 0.2) is 24.3 Å². The molecule has 0 aliphatic carbocycles. The monoisotopic (exact) mass is 297 g/mol. The number of hydrogen-bond acceptors (Lipinski definition) is 5. The van der Waals surface area contributed by atoms with E-state index in [1.807, 2.05) is 38.2 Å². The highest BCUT2D eigenvalue weighted by atomic mass is 16.5. The Hall–Kier alpha value is -1.14. The van der Waals surface area contributed by atoms with E-state index in [0.29, 0.717) is 6.61 Å². The molecule has 0 radical (unpaired) electrons. The van der Waals surface area contributed by atoms with Crippen molar-refractivity contribution in [3.05, 3.63) is 29.8 Å². The third kappa shape index (κ3) is 6.44. The summed E-state index contributed by atoms with van der Waals surface area (Å²) < 4.78 is 16.2. The maximum Gasteiger partial charge on any atom is 0.124 e. The molecule has 5 heteroatoms. The number of nitrogens with one attached hydrogen (secondary N) is 1. The Bertz CT molecular complexity index is 400. The van der Waals surface area contributed by atoms with Crippen LogP contribution in [0.4, 0.5) is 0 Å². The lowest BCUT2D eigenvalue weighted by molar-refractivity contribution is -0.0423. The van der Waals surface area contributed by atoms with Crippen LogP contribution in [0.5, 0.6) is 5.75 Å². The van der Waals surface area contributed by atoms with E-state index in [1.54, 1.807) is 7.11 Å². The van der Waals surface area contributed by atoms with Gasteiger partial charge >= 0.3 is 0 Å². The first-order valence-electron chi connectivity index (χ1n) is 7.26. The lowest BCUT2D eigenvalue weighted by Gasteiger charge is -2.19. The number of methoxy groups -OCH3 is 1. The van der Waals surface area contributed by atoms with Crippen molar-refractivity contribution in [2.45, 2.75) is 32.1 Å². The Morgan fingerprint density at radius 1 is 1.14 bits per heavy atom. The standard InChI is InChI=1S/C16H27NO4/c1-12(9-19-4)20-10-14(18)11-21-16-8-6-5-7-15(16)13(2)17-3/h5-8,12-14,17-18H,9-11H2,1-4H3. The molecule has 1 rings (SSSR count). The van der Waals surface area contributed by atoms with E-state index < -0.39 is 6.10 Å². The topological polar surface area (TPSA) is 60.0 Å². The molecule has 0 spiro atoms. The molecule has 5 nitrogen and oxygen atoms in total. The maximum atomic E-state index is 9.91. The van der Waals surface area contributed by atoms with Crippen molar-refractivity contribution in [1.82, 2.24) is 5.32 Å². The zero-order valence-electron chi connectivity index (χ0n) is 13.3. The fourth-order valence-corrected chi connectivity index (χ4v) is 1.92. The predicted molar refractivity (Wildman–Crippen MR) is 82.7 cm³/mol. The average Bonchev–Trinajstić information content (AvgIpc) is 2.50. The lowest BCUT2D eigenvalue weighted by atomic mass is 10.1. The zero-order chi connectivity index (χ0) is 15.7. The van der Waals surface area contributed by atoms with E-state index in [-0.39, 0.29) is 25.4 Å². The SMILES string of the molecule is CNC(C)c1ccccc1OCC(O)COC(C)COC. The number of rotatable bonds is 10. The molecular weight excluding hydrogens is 270 g/mol. The first kappa shape index (κ1) is 17.9. The second-order valence-corrected chi connectivity index (χ2v) is 5.11. The normalized spacial score (nSPS) is 15.5. The summed E-state index contributed by atoms with van der Waals surface area (Å²) in [4.78, 5) is 0. The Kier molecular flexibility index (Phi) is 8.30. The van der Waals surface area contributed by atoms with Gasteiger partial charge < -0.3 is 24.6 Å². The van der Waals surface area contributed by atoms with Crippen LogP contribution in [0.2, 0.25) is 0 Å². The molecule has 0 aliphatic rings. The van der Waals surface area contributed by atoms with Gasteiger partial charge in [0.25, 0.3) is 0 Å². The van der Waals surface area contributed by atoms with Gasteiger partial charge in [0, 0.05) is 18.7 Å². The minimum atomic E-state index is -0.665. The van der Waals surface area contributed by atoms with Gasteiger partial charge in [-0.3, -0.25) is 0 Å². The number of aliphatic hydroxyl groups is 1. The molecule has 3 unspecified atom stereocenters. The largest absolute Gasteiger partial charge is 0.490 e. The number of aliphatic hydroxyl groups excluding tert-OH is 1. The van der Waals surface area contributed by atoms with Gasteiger partial charge in [0.1, 0.15) is 18.5 Å². The number of para-hydroxylation sites is 1. The van der Waals surface area contributed by atoms with Crippen molar-refractivity contribution >= 4 is 0 Å². The van der Waals surface area contributed by atoms with Crippen LogP contribution in [0.3, 0.4) is 0 Å². The van der Waals surface area contributed by atoms with Gasteiger partial charge in [-0.1, -0.05) is 18.2 Å². The number of benzene rings is 1. The van der Waals surface area contributed by atoms with Gasteiger partial charge in [0.15, 0.2) is 0 Å². The lowest BCUT2D eigenvalue weighted by Crippen LogP contribution is -2.27. The summed E-state index contributed by atoms with van der Waals surface area (Å²) in [5.41, 5.74) is 1.07. The Morgan fingerprint density at radius 2 is 1.86 bits per heavy atom. The highest BCUT2D eigenvalue weighted by Crippen LogP contribution is 2.24. The summed E-state index contributed by atoms with van der Waals surface area (Å²) in [6.45, 7) is 4.91. The number of ether oxygens (including phenoxy) is 3. The molecule has 0 amide bonds. The van der Waals surface area contributed by atoms with Crippen LogP contribution in [-0.2, 0) is 9.47 Å². The molecule has 0 heterocycles. The molecule has 0 saturated carbocycles. The zero-order valence-corrected chi connectivity index (χ0v) is 13.3. The molecule has 3 atom stereocenters. The van der Waals surface area contributed by atoms with Gasteiger partial charge in [-0.2, -0.15) is 0 Å². The van der Waals surface area contributed by atoms with Crippen LogP contribution in [0.25, 0.3) is 0 Å². The van der Waals surface area contributed by atoms with E-state index >= 15 is 0 Å². The predicted octanol–water partition coefficient (Wildman–Crippen LogP) is 1.76. The summed E-state index contributed by atoms with van der Waals surface area (Å²) in [5.74, 6) is 0.781. The Labute approximate surface area is 127 Å². The van der Waals surface area contributed by atoms with E-state index in [2.05, 4.69) is 12.2 Å². The van der Waals surface area contributed by atoms with Crippen molar-refractivity contribution in [2.75, 3.05) is 34.0 Å². The van der Waals surface area contributed by atoms with Crippen molar-refractivity contribution in [3.8, 4) is 5.75 Å². The van der Waals surface area contributed by atoms with Crippen LogP contribution in [-0.4, -0.2) is 51.3 Å². The van der Waals surface area contributed by atoms with E-state index in [0.717, 1.165) is 11.3 Å². The molecule has 2 N–H and O–H groups in total. The minimum absolute atomic E-state index is 0.0405. The first-order chi connectivity index (χ1) is 10.1. The van der Waals surface area contributed by atoms with Crippen LogP contribution >= 0.6 is 0 Å². The summed E-state index contributed by atoms with van der Waals surface area (Å²) in [7, 11) is 3.53. The molecule has 1 aromatic rings. The maximum absolute atomic E-state index is 9.91. The molecule has 21 heavy (non-hydrogen) atoms. The first-order valence-corrected chi connectivity index (χ1v) is 7.26. The molecule has 0 aromatic heterocycles. The molecule has 0 fully saturated rings. The minimum Gasteiger partial charge on any atom is -0.490 e. The van der Waals surface area contributed by atoms with Crippen molar-refractivity contribution in [2.24, 2.45) is 0 Å². The second-order valence-electron chi connectivity index (χ2n) is 5.11. The van der Waals surface area contributed by atoms with Crippen molar-refractivity contribution in [3.63, 3.8) is 0 Å². The van der Waals surface area contributed by atoms with E-state index in [9.17, 15) is 5.11 Å². The fourth-order valence-electron chi connectivity index (χ4n) is 1.92. The summed E-state index contributed by atoms with van der Waals surface area (Å²) in [5, 5.41) is 13.1. The highest BCUT2D eigenvalue weighted by Gasteiger charge is 2.12. The summed E-state index contributed by atoms with van der Waals surface area (Å²) in [6.07, 6.45) is -0.705. The third-order valence-corrected chi connectivity index (χ3v) is 3.22. The van der Waals surface area contributed by atoms with Gasteiger partial charge in [0.05, 0.1) is 19.3 Å². The second kappa shape index (κ2) is 9.73. The molecular formula is C16H27NO4. The smallest absolute Gasteiger partial charge is 0.124 e. The highest BCUT2D eigenvalue weighted by molar-refractivity contribution is 5.35. The molecule has 0 bridgehead atoms. The summed E-state index contributed by atoms with van der Waals surface area (Å²) >= 11 is 0. The van der Waals surface area contributed by atoms with Gasteiger partial charge in [-0.05, 0) is 27.0 Å². The fraction of sp³-hybridized carbons (Fsp3) is 0.625. The third-order valence-electron chi connectivity index (χ3n) is 3.22. The van der Waals surface area contributed by atoms with E-state index in [1.165, 1.54) is 0 Å².